The molecule has 110 valence electrons. The van der Waals surface area contributed by atoms with Crippen molar-refractivity contribution in [2.24, 2.45) is 0 Å². The molecule has 3 nitrogen and oxygen atoms in total. The SMILES string of the molecule is CCCNCc1ccc2ccn(CCOC(C)C)c2c1. The first-order valence-corrected chi connectivity index (χ1v) is 7.60. The number of benzene rings is 1. The van der Waals surface area contributed by atoms with Gasteiger partial charge < -0.3 is 14.6 Å². The Balaban J connectivity index is 2.05. The maximum atomic E-state index is 5.64. The van der Waals surface area contributed by atoms with Crippen LogP contribution < -0.4 is 5.32 Å². The molecule has 1 aromatic heterocycles. The zero-order chi connectivity index (χ0) is 14.4. The molecule has 0 aliphatic carbocycles. The van der Waals surface area contributed by atoms with Gasteiger partial charge in [0, 0.05) is 24.8 Å². The van der Waals surface area contributed by atoms with E-state index in [9.17, 15) is 0 Å². The molecule has 1 heterocycles. The minimum absolute atomic E-state index is 0.297. The first-order chi connectivity index (χ1) is 9.70. The molecule has 0 saturated carbocycles. The smallest absolute Gasteiger partial charge is 0.0649 e. The van der Waals surface area contributed by atoms with E-state index in [1.165, 1.54) is 22.9 Å². The topological polar surface area (TPSA) is 26.2 Å². The van der Waals surface area contributed by atoms with Crippen molar-refractivity contribution < 1.29 is 4.74 Å². The van der Waals surface area contributed by atoms with Crippen LogP contribution in [0.15, 0.2) is 30.5 Å². The van der Waals surface area contributed by atoms with Crippen molar-refractivity contribution in [3.05, 3.63) is 36.0 Å². The molecule has 2 rings (SSSR count). The zero-order valence-electron chi connectivity index (χ0n) is 12.9. The second kappa shape index (κ2) is 7.46. The lowest BCUT2D eigenvalue weighted by molar-refractivity contribution is 0.0733. The number of nitrogens with one attached hydrogen (secondary N) is 1. The van der Waals surface area contributed by atoms with Crippen LogP contribution >= 0.6 is 0 Å². The van der Waals surface area contributed by atoms with Gasteiger partial charge in [0.2, 0.25) is 0 Å². The number of fused-ring (bicyclic) bond motifs is 1. The molecule has 0 atom stereocenters. The van der Waals surface area contributed by atoms with Crippen LogP contribution in [0.4, 0.5) is 0 Å². The van der Waals surface area contributed by atoms with Gasteiger partial charge in [-0.05, 0) is 49.9 Å². The maximum absolute atomic E-state index is 5.64. The molecular formula is C17H26N2O. The van der Waals surface area contributed by atoms with E-state index in [2.05, 4.69) is 61.1 Å². The first-order valence-electron chi connectivity index (χ1n) is 7.60. The summed E-state index contributed by atoms with van der Waals surface area (Å²) in [5.74, 6) is 0. The van der Waals surface area contributed by atoms with Crippen LogP contribution in [-0.4, -0.2) is 23.8 Å². The fourth-order valence-corrected chi connectivity index (χ4v) is 2.33. The Kier molecular flexibility index (Phi) is 5.62. The van der Waals surface area contributed by atoms with E-state index in [4.69, 9.17) is 4.74 Å². The van der Waals surface area contributed by atoms with Gasteiger partial charge in [-0.3, -0.25) is 0 Å². The lowest BCUT2D eigenvalue weighted by Gasteiger charge is -2.10. The summed E-state index contributed by atoms with van der Waals surface area (Å²) in [6, 6.07) is 8.87. The molecule has 2 aromatic rings. The number of nitrogens with zero attached hydrogens (tertiary/aromatic N) is 1. The van der Waals surface area contributed by atoms with Crippen LogP contribution in [-0.2, 0) is 17.8 Å². The summed E-state index contributed by atoms with van der Waals surface area (Å²) in [6.07, 6.45) is 3.62. The number of ether oxygens (including phenoxy) is 1. The molecule has 0 aliphatic rings. The lowest BCUT2D eigenvalue weighted by Crippen LogP contribution is -2.14. The highest BCUT2D eigenvalue weighted by molar-refractivity contribution is 5.80. The van der Waals surface area contributed by atoms with Crippen molar-refractivity contribution in [3.63, 3.8) is 0 Å². The fraction of sp³-hybridized carbons (Fsp3) is 0.529. The second-order valence-corrected chi connectivity index (χ2v) is 5.50. The van der Waals surface area contributed by atoms with Gasteiger partial charge in [0.25, 0.3) is 0 Å². The molecule has 0 amide bonds. The summed E-state index contributed by atoms with van der Waals surface area (Å²) in [4.78, 5) is 0. The van der Waals surface area contributed by atoms with Crippen LogP contribution in [0.2, 0.25) is 0 Å². The average Bonchev–Trinajstić information content (AvgIpc) is 2.82. The molecule has 0 fully saturated rings. The largest absolute Gasteiger partial charge is 0.377 e. The van der Waals surface area contributed by atoms with Crippen molar-refractivity contribution in [3.8, 4) is 0 Å². The van der Waals surface area contributed by atoms with Gasteiger partial charge in [-0.2, -0.15) is 0 Å². The Morgan fingerprint density at radius 3 is 2.85 bits per heavy atom. The summed E-state index contributed by atoms with van der Waals surface area (Å²) >= 11 is 0. The zero-order valence-corrected chi connectivity index (χ0v) is 12.9. The van der Waals surface area contributed by atoms with Crippen molar-refractivity contribution in [2.75, 3.05) is 13.2 Å². The summed E-state index contributed by atoms with van der Waals surface area (Å²) < 4.78 is 7.92. The maximum Gasteiger partial charge on any atom is 0.0649 e. The molecule has 0 spiro atoms. The van der Waals surface area contributed by atoms with E-state index in [1.54, 1.807) is 0 Å². The summed E-state index contributed by atoms with van der Waals surface area (Å²) in [5, 5.41) is 4.75. The van der Waals surface area contributed by atoms with Crippen molar-refractivity contribution >= 4 is 10.9 Å². The molecule has 0 bridgehead atoms. The van der Waals surface area contributed by atoms with E-state index < -0.39 is 0 Å². The van der Waals surface area contributed by atoms with Crippen LogP contribution in [0.5, 0.6) is 0 Å². The van der Waals surface area contributed by atoms with E-state index in [0.717, 1.165) is 26.2 Å². The minimum atomic E-state index is 0.297. The van der Waals surface area contributed by atoms with Gasteiger partial charge in [-0.25, -0.2) is 0 Å². The van der Waals surface area contributed by atoms with Crippen LogP contribution in [0, 0.1) is 0 Å². The molecule has 0 saturated heterocycles. The monoisotopic (exact) mass is 274 g/mol. The first kappa shape index (κ1) is 15.1. The molecular weight excluding hydrogens is 248 g/mol. The third kappa shape index (κ3) is 4.09. The predicted molar refractivity (Wildman–Crippen MR) is 85.0 cm³/mol. The summed E-state index contributed by atoms with van der Waals surface area (Å²) in [7, 11) is 0. The fourth-order valence-electron chi connectivity index (χ4n) is 2.33. The third-order valence-corrected chi connectivity index (χ3v) is 3.38. The highest BCUT2D eigenvalue weighted by Crippen LogP contribution is 2.18. The van der Waals surface area contributed by atoms with Gasteiger partial charge in [0.05, 0.1) is 12.7 Å². The van der Waals surface area contributed by atoms with Gasteiger partial charge in [-0.1, -0.05) is 19.1 Å². The van der Waals surface area contributed by atoms with Gasteiger partial charge in [-0.15, -0.1) is 0 Å². The lowest BCUT2D eigenvalue weighted by atomic mass is 10.1. The quantitative estimate of drug-likeness (QED) is 0.745. The highest BCUT2D eigenvalue weighted by Gasteiger charge is 2.03. The molecule has 3 heteroatoms. The molecule has 0 radical (unpaired) electrons. The number of aromatic nitrogens is 1. The van der Waals surface area contributed by atoms with E-state index in [1.807, 2.05) is 0 Å². The van der Waals surface area contributed by atoms with Gasteiger partial charge in [0.1, 0.15) is 0 Å². The Morgan fingerprint density at radius 2 is 2.10 bits per heavy atom. The van der Waals surface area contributed by atoms with Crippen LogP contribution in [0.25, 0.3) is 10.9 Å². The Bertz CT molecular complexity index is 531. The second-order valence-electron chi connectivity index (χ2n) is 5.50. The van der Waals surface area contributed by atoms with E-state index in [-0.39, 0.29) is 0 Å². The Hall–Kier alpha value is -1.32. The number of rotatable bonds is 8. The molecule has 0 aliphatic heterocycles. The minimum Gasteiger partial charge on any atom is -0.377 e. The van der Waals surface area contributed by atoms with Crippen molar-refractivity contribution in [2.45, 2.75) is 46.4 Å². The molecule has 0 unspecified atom stereocenters. The molecule has 20 heavy (non-hydrogen) atoms. The third-order valence-electron chi connectivity index (χ3n) is 3.38. The van der Waals surface area contributed by atoms with E-state index >= 15 is 0 Å². The van der Waals surface area contributed by atoms with Crippen molar-refractivity contribution in [1.29, 1.82) is 0 Å². The molecule has 1 N–H and O–H groups in total. The standard InChI is InChI=1S/C17H26N2O/c1-4-8-18-13-15-5-6-16-7-9-19(17(16)12-15)10-11-20-14(2)3/h5-7,9,12,14,18H,4,8,10-11,13H2,1-3H3. The average molecular weight is 274 g/mol. The highest BCUT2D eigenvalue weighted by atomic mass is 16.5. The van der Waals surface area contributed by atoms with Crippen molar-refractivity contribution in [1.82, 2.24) is 9.88 Å². The number of hydrogen-bond acceptors (Lipinski definition) is 2. The van der Waals surface area contributed by atoms with Crippen LogP contribution in [0.3, 0.4) is 0 Å². The summed E-state index contributed by atoms with van der Waals surface area (Å²) in [5.41, 5.74) is 2.64. The Labute approximate surface area is 121 Å². The molecule has 1 aromatic carbocycles. The normalized spacial score (nSPS) is 11.6. The number of hydrogen-bond donors (Lipinski definition) is 1. The van der Waals surface area contributed by atoms with Gasteiger partial charge >= 0.3 is 0 Å². The Morgan fingerprint density at radius 1 is 1.25 bits per heavy atom. The summed E-state index contributed by atoms with van der Waals surface area (Å²) in [6.45, 7) is 10.0. The van der Waals surface area contributed by atoms with E-state index in [0.29, 0.717) is 6.10 Å². The van der Waals surface area contributed by atoms with Crippen LogP contribution in [0.1, 0.15) is 32.8 Å². The predicted octanol–water partition coefficient (Wildman–Crippen LogP) is 3.57. The van der Waals surface area contributed by atoms with Gasteiger partial charge in [0.15, 0.2) is 0 Å².